The highest BCUT2D eigenvalue weighted by molar-refractivity contribution is 5.61. The van der Waals surface area contributed by atoms with E-state index in [9.17, 15) is 0 Å². The summed E-state index contributed by atoms with van der Waals surface area (Å²) in [6.45, 7) is 0. The standard InChI is InChI=1S/C9H12N2O/c1-12-11-7-6-8-2-4-9(10)5-3-8/h2-5,7H,6,10H2,1H3/b11-7-. The fraction of sp³-hybridized carbons (Fsp3) is 0.222. The molecular formula is C9H12N2O. The lowest BCUT2D eigenvalue weighted by atomic mass is 10.1. The van der Waals surface area contributed by atoms with Crippen LogP contribution in [0.25, 0.3) is 0 Å². The summed E-state index contributed by atoms with van der Waals surface area (Å²) < 4.78 is 0. The van der Waals surface area contributed by atoms with Crippen LogP contribution in [0.1, 0.15) is 5.56 Å². The van der Waals surface area contributed by atoms with E-state index in [4.69, 9.17) is 5.73 Å². The van der Waals surface area contributed by atoms with Crippen LogP contribution in [0.15, 0.2) is 29.4 Å². The van der Waals surface area contributed by atoms with Gasteiger partial charge < -0.3 is 10.6 Å². The maximum absolute atomic E-state index is 5.52. The molecule has 0 amide bonds. The number of rotatable bonds is 3. The average Bonchev–Trinajstić information content (AvgIpc) is 2.09. The summed E-state index contributed by atoms with van der Waals surface area (Å²) in [7, 11) is 1.53. The molecule has 0 atom stereocenters. The number of nitrogens with two attached hydrogens (primary N) is 1. The number of nitrogen functional groups attached to an aromatic ring is 1. The average molecular weight is 164 g/mol. The molecule has 0 saturated carbocycles. The fourth-order valence-electron chi connectivity index (χ4n) is 0.871. The van der Waals surface area contributed by atoms with E-state index in [-0.39, 0.29) is 0 Å². The van der Waals surface area contributed by atoms with E-state index in [1.165, 1.54) is 12.7 Å². The highest BCUT2D eigenvalue weighted by Crippen LogP contribution is 2.04. The van der Waals surface area contributed by atoms with E-state index in [2.05, 4.69) is 9.99 Å². The Kier molecular flexibility index (Phi) is 3.14. The minimum absolute atomic E-state index is 0.772. The number of benzene rings is 1. The Balaban J connectivity index is 2.53. The zero-order valence-electron chi connectivity index (χ0n) is 7.03. The number of hydrogen-bond acceptors (Lipinski definition) is 3. The van der Waals surface area contributed by atoms with Crippen LogP contribution in [0, 0.1) is 0 Å². The van der Waals surface area contributed by atoms with Gasteiger partial charge >= 0.3 is 0 Å². The molecule has 0 aliphatic heterocycles. The van der Waals surface area contributed by atoms with Crippen molar-refractivity contribution >= 4 is 11.9 Å². The molecule has 0 spiro atoms. The van der Waals surface area contributed by atoms with Gasteiger partial charge in [0.15, 0.2) is 0 Å². The highest BCUT2D eigenvalue weighted by Gasteiger charge is 1.88. The van der Waals surface area contributed by atoms with Gasteiger partial charge in [0.05, 0.1) is 0 Å². The summed E-state index contributed by atoms with van der Waals surface area (Å²) in [6.07, 6.45) is 2.49. The molecular weight excluding hydrogens is 152 g/mol. The van der Waals surface area contributed by atoms with Gasteiger partial charge in [0.1, 0.15) is 7.11 Å². The normalized spacial score (nSPS) is 10.4. The molecule has 0 heterocycles. The van der Waals surface area contributed by atoms with Crippen molar-refractivity contribution in [2.24, 2.45) is 5.16 Å². The van der Waals surface area contributed by atoms with Crippen molar-refractivity contribution in [1.29, 1.82) is 0 Å². The molecule has 0 aliphatic rings. The largest absolute Gasteiger partial charge is 0.399 e. The van der Waals surface area contributed by atoms with Gasteiger partial charge in [-0.25, -0.2) is 0 Å². The molecule has 0 aromatic heterocycles. The molecule has 1 aromatic rings. The first-order valence-corrected chi connectivity index (χ1v) is 3.72. The highest BCUT2D eigenvalue weighted by atomic mass is 16.6. The monoisotopic (exact) mass is 164 g/mol. The lowest BCUT2D eigenvalue weighted by molar-refractivity contribution is 0.215. The van der Waals surface area contributed by atoms with Crippen LogP contribution in [0.2, 0.25) is 0 Å². The minimum atomic E-state index is 0.772. The zero-order chi connectivity index (χ0) is 8.81. The van der Waals surface area contributed by atoms with Crippen molar-refractivity contribution in [2.75, 3.05) is 12.8 Å². The van der Waals surface area contributed by atoms with E-state index in [1.54, 1.807) is 6.21 Å². The fourth-order valence-corrected chi connectivity index (χ4v) is 0.871. The Morgan fingerprint density at radius 1 is 1.42 bits per heavy atom. The van der Waals surface area contributed by atoms with Crippen LogP contribution in [0.5, 0.6) is 0 Å². The minimum Gasteiger partial charge on any atom is -0.399 e. The SMILES string of the molecule is CO/N=C\Cc1ccc(N)cc1. The van der Waals surface area contributed by atoms with E-state index >= 15 is 0 Å². The molecule has 1 aromatic carbocycles. The van der Waals surface area contributed by atoms with Crippen molar-refractivity contribution in [2.45, 2.75) is 6.42 Å². The van der Waals surface area contributed by atoms with Gasteiger partial charge in [-0.1, -0.05) is 17.3 Å². The van der Waals surface area contributed by atoms with E-state index in [0.717, 1.165) is 12.1 Å². The molecule has 3 nitrogen and oxygen atoms in total. The maximum Gasteiger partial charge on any atom is 0.106 e. The zero-order valence-corrected chi connectivity index (χ0v) is 7.03. The Labute approximate surface area is 71.8 Å². The second-order valence-corrected chi connectivity index (χ2v) is 2.42. The van der Waals surface area contributed by atoms with Crippen molar-refractivity contribution in [3.05, 3.63) is 29.8 Å². The van der Waals surface area contributed by atoms with Crippen LogP contribution >= 0.6 is 0 Å². The second-order valence-electron chi connectivity index (χ2n) is 2.42. The molecule has 0 bridgehead atoms. The molecule has 3 heteroatoms. The third-order valence-corrected chi connectivity index (χ3v) is 1.49. The Hall–Kier alpha value is -1.51. The molecule has 0 radical (unpaired) electrons. The quantitative estimate of drug-likeness (QED) is 0.417. The Morgan fingerprint density at radius 3 is 2.67 bits per heavy atom. The third-order valence-electron chi connectivity index (χ3n) is 1.49. The Bertz CT molecular complexity index is 254. The van der Waals surface area contributed by atoms with Gasteiger partial charge in [-0.3, -0.25) is 0 Å². The molecule has 64 valence electrons. The third kappa shape index (κ3) is 2.62. The van der Waals surface area contributed by atoms with Crippen LogP contribution < -0.4 is 5.73 Å². The second kappa shape index (κ2) is 4.38. The van der Waals surface area contributed by atoms with E-state index in [0.29, 0.717) is 0 Å². The number of hydrogen-bond donors (Lipinski definition) is 1. The van der Waals surface area contributed by atoms with Crippen molar-refractivity contribution in [3.63, 3.8) is 0 Å². The van der Waals surface area contributed by atoms with Gasteiger partial charge in [-0.2, -0.15) is 0 Å². The van der Waals surface area contributed by atoms with E-state index < -0.39 is 0 Å². The van der Waals surface area contributed by atoms with Crippen LogP contribution in [-0.4, -0.2) is 13.3 Å². The van der Waals surface area contributed by atoms with Crippen LogP contribution in [0.3, 0.4) is 0 Å². The van der Waals surface area contributed by atoms with Crippen LogP contribution in [0.4, 0.5) is 5.69 Å². The Morgan fingerprint density at radius 2 is 2.08 bits per heavy atom. The lowest BCUT2D eigenvalue weighted by Crippen LogP contribution is -1.88. The van der Waals surface area contributed by atoms with Gasteiger partial charge in [0.25, 0.3) is 0 Å². The molecule has 0 unspecified atom stereocenters. The molecule has 1 rings (SSSR count). The number of anilines is 1. The number of oxime groups is 1. The molecule has 0 aliphatic carbocycles. The predicted molar refractivity (Wildman–Crippen MR) is 50.1 cm³/mol. The lowest BCUT2D eigenvalue weighted by Gasteiger charge is -1.95. The van der Waals surface area contributed by atoms with Crippen molar-refractivity contribution in [3.8, 4) is 0 Å². The summed E-state index contributed by atoms with van der Waals surface area (Å²) >= 11 is 0. The van der Waals surface area contributed by atoms with E-state index in [1.807, 2.05) is 24.3 Å². The summed E-state index contributed by atoms with van der Waals surface area (Å²) in [5, 5.41) is 3.63. The van der Waals surface area contributed by atoms with Gasteiger partial charge in [0, 0.05) is 18.3 Å². The summed E-state index contributed by atoms with van der Waals surface area (Å²) in [5.41, 5.74) is 7.47. The summed E-state index contributed by atoms with van der Waals surface area (Å²) in [5.74, 6) is 0. The first kappa shape index (κ1) is 8.59. The van der Waals surface area contributed by atoms with Crippen molar-refractivity contribution < 1.29 is 4.84 Å². The van der Waals surface area contributed by atoms with Crippen molar-refractivity contribution in [1.82, 2.24) is 0 Å². The first-order valence-electron chi connectivity index (χ1n) is 3.72. The van der Waals surface area contributed by atoms with Gasteiger partial charge in [0.2, 0.25) is 0 Å². The number of nitrogens with zero attached hydrogens (tertiary/aromatic N) is 1. The first-order chi connectivity index (χ1) is 5.83. The molecule has 0 saturated heterocycles. The smallest absolute Gasteiger partial charge is 0.106 e. The summed E-state index contributed by atoms with van der Waals surface area (Å²) in [6, 6.07) is 7.68. The molecule has 12 heavy (non-hydrogen) atoms. The van der Waals surface area contributed by atoms with Crippen LogP contribution in [-0.2, 0) is 11.3 Å². The van der Waals surface area contributed by atoms with Gasteiger partial charge in [-0.05, 0) is 17.7 Å². The molecule has 2 N–H and O–H groups in total. The van der Waals surface area contributed by atoms with Gasteiger partial charge in [-0.15, -0.1) is 0 Å². The predicted octanol–water partition coefficient (Wildman–Crippen LogP) is 1.44. The molecule has 0 fully saturated rings. The summed E-state index contributed by atoms with van der Waals surface area (Å²) in [4.78, 5) is 4.53. The topological polar surface area (TPSA) is 47.6 Å². The maximum atomic E-state index is 5.52.